The fourth-order valence-corrected chi connectivity index (χ4v) is 2.25. The lowest BCUT2D eigenvalue weighted by atomic mass is 10.2. The van der Waals surface area contributed by atoms with Crippen LogP contribution in [-0.2, 0) is 4.79 Å². The van der Waals surface area contributed by atoms with Gasteiger partial charge in [-0.2, -0.15) is 0 Å². The predicted octanol–water partition coefficient (Wildman–Crippen LogP) is 3.77. The molecule has 0 saturated carbocycles. The summed E-state index contributed by atoms with van der Waals surface area (Å²) in [6.07, 6.45) is 0. The number of nitrogens with zero attached hydrogens (tertiary/aromatic N) is 1. The zero-order chi connectivity index (χ0) is 13.7. The van der Waals surface area contributed by atoms with Gasteiger partial charge in [0.15, 0.2) is 0 Å². The smallest absolute Gasteiger partial charge is 0.244 e. The van der Waals surface area contributed by atoms with Gasteiger partial charge < -0.3 is 10.2 Å². The highest BCUT2D eigenvalue weighted by atomic mass is 79.9. The van der Waals surface area contributed by atoms with Crippen LogP contribution in [-0.4, -0.2) is 29.9 Å². The molecule has 0 aliphatic carbocycles. The van der Waals surface area contributed by atoms with Crippen LogP contribution in [0.15, 0.2) is 22.7 Å². The Kier molecular flexibility index (Phi) is 5.96. The van der Waals surface area contributed by atoms with Crippen molar-refractivity contribution in [1.29, 1.82) is 0 Å². The number of benzene rings is 1. The maximum Gasteiger partial charge on any atom is 0.244 e. The molecule has 0 bridgehead atoms. The molecule has 1 amide bonds. The minimum Gasteiger partial charge on any atom is -0.373 e. The van der Waals surface area contributed by atoms with Gasteiger partial charge in [-0.3, -0.25) is 4.79 Å². The molecule has 1 rings (SSSR count). The van der Waals surface area contributed by atoms with E-state index < -0.39 is 0 Å². The van der Waals surface area contributed by atoms with Crippen molar-refractivity contribution in [1.82, 2.24) is 4.90 Å². The molecule has 0 saturated heterocycles. The van der Waals surface area contributed by atoms with Crippen molar-refractivity contribution in [2.45, 2.75) is 26.8 Å². The Morgan fingerprint density at radius 3 is 2.61 bits per heavy atom. The summed E-state index contributed by atoms with van der Waals surface area (Å²) in [6, 6.07) is 5.18. The first-order valence-electron chi connectivity index (χ1n) is 6.00. The molecule has 0 heterocycles. The Labute approximate surface area is 122 Å². The third-order valence-corrected chi connectivity index (χ3v) is 3.67. The number of hydrogen-bond donors (Lipinski definition) is 1. The standard InChI is InChI=1S/C13H18BrClN2O/c1-4-17(5-2)13(18)9(3)16-12-8-10(15)6-7-11(12)14/h6-9,16H,4-5H2,1-3H3. The topological polar surface area (TPSA) is 32.3 Å². The summed E-state index contributed by atoms with van der Waals surface area (Å²) in [4.78, 5) is 13.9. The molecule has 18 heavy (non-hydrogen) atoms. The lowest BCUT2D eigenvalue weighted by molar-refractivity contribution is -0.131. The van der Waals surface area contributed by atoms with Gasteiger partial charge in [0.05, 0.1) is 5.69 Å². The van der Waals surface area contributed by atoms with Crippen LogP contribution in [0.25, 0.3) is 0 Å². The minimum absolute atomic E-state index is 0.0897. The van der Waals surface area contributed by atoms with Crippen molar-refractivity contribution < 1.29 is 4.79 Å². The Bertz CT molecular complexity index is 421. The first-order chi connectivity index (χ1) is 8.49. The number of carbonyl (C=O) groups excluding carboxylic acids is 1. The number of anilines is 1. The molecule has 1 N–H and O–H groups in total. The van der Waals surface area contributed by atoms with Crippen molar-refractivity contribution in [3.63, 3.8) is 0 Å². The highest BCUT2D eigenvalue weighted by molar-refractivity contribution is 9.10. The summed E-state index contributed by atoms with van der Waals surface area (Å²) >= 11 is 9.37. The highest BCUT2D eigenvalue weighted by Crippen LogP contribution is 2.26. The van der Waals surface area contributed by atoms with E-state index in [4.69, 9.17) is 11.6 Å². The third-order valence-electron chi connectivity index (χ3n) is 2.75. The van der Waals surface area contributed by atoms with Crippen molar-refractivity contribution in [2.75, 3.05) is 18.4 Å². The van der Waals surface area contributed by atoms with Crippen LogP contribution in [0.2, 0.25) is 5.02 Å². The molecule has 3 nitrogen and oxygen atoms in total. The number of hydrogen-bond acceptors (Lipinski definition) is 2. The summed E-state index contributed by atoms with van der Waals surface area (Å²) in [6.45, 7) is 7.25. The Balaban J connectivity index is 2.77. The number of amides is 1. The van der Waals surface area contributed by atoms with E-state index in [9.17, 15) is 4.79 Å². The van der Waals surface area contributed by atoms with Gasteiger partial charge in [0.1, 0.15) is 6.04 Å². The predicted molar refractivity (Wildman–Crippen MR) is 80.2 cm³/mol. The van der Waals surface area contributed by atoms with E-state index in [1.54, 1.807) is 17.0 Å². The van der Waals surface area contributed by atoms with E-state index in [-0.39, 0.29) is 11.9 Å². The molecular weight excluding hydrogens is 316 g/mol. The molecule has 0 radical (unpaired) electrons. The second-order valence-corrected chi connectivity index (χ2v) is 5.29. The normalized spacial score (nSPS) is 12.1. The lowest BCUT2D eigenvalue weighted by Crippen LogP contribution is -2.41. The number of likely N-dealkylation sites (N-methyl/N-ethyl adjacent to an activating group) is 1. The van der Waals surface area contributed by atoms with Crippen LogP contribution in [0.5, 0.6) is 0 Å². The number of nitrogens with one attached hydrogen (secondary N) is 1. The zero-order valence-electron chi connectivity index (χ0n) is 10.8. The van der Waals surface area contributed by atoms with Gasteiger partial charge >= 0.3 is 0 Å². The monoisotopic (exact) mass is 332 g/mol. The minimum atomic E-state index is -0.278. The van der Waals surface area contributed by atoms with E-state index in [0.29, 0.717) is 5.02 Å². The van der Waals surface area contributed by atoms with E-state index in [1.165, 1.54) is 0 Å². The van der Waals surface area contributed by atoms with Crippen LogP contribution in [0, 0.1) is 0 Å². The summed E-state index contributed by atoms with van der Waals surface area (Å²) in [5, 5.41) is 3.82. The molecule has 5 heteroatoms. The SMILES string of the molecule is CCN(CC)C(=O)C(C)Nc1cc(Cl)ccc1Br. The number of halogens is 2. The molecule has 0 fully saturated rings. The quantitative estimate of drug-likeness (QED) is 0.889. The van der Waals surface area contributed by atoms with Crippen LogP contribution in [0.3, 0.4) is 0 Å². The van der Waals surface area contributed by atoms with E-state index in [0.717, 1.165) is 23.2 Å². The molecule has 100 valence electrons. The lowest BCUT2D eigenvalue weighted by Gasteiger charge is -2.24. The third kappa shape index (κ3) is 3.89. The summed E-state index contributed by atoms with van der Waals surface area (Å²) in [5.74, 6) is 0.0897. The zero-order valence-corrected chi connectivity index (χ0v) is 13.2. The van der Waals surface area contributed by atoms with E-state index in [2.05, 4.69) is 21.2 Å². The fraction of sp³-hybridized carbons (Fsp3) is 0.462. The van der Waals surface area contributed by atoms with Crippen LogP contribution in [0.1, 0.15) is 20.8 Å². The van der Waals surface area contributed by atoms with Gasteiger partial charge in [-0.05, 0) is 54.9 Å². The number of carbonyl (C=O) groups is 1. The molecule has 1 aromatic rings. The Morgan fingerprint density at radius 1 is 1.44 bits per heavy atom. The van der Waals surface area contributed by atoms with Crippen LogP contribution < -0.4 is 5.32 Å². The maximum atomic E-state index is 12.1. The molecular formula is C13H18BrClN2O. The summed E-state index contributed by atoms with van der Waals surface area (Å²) in [5.41, 5.74) is 0.829. The average Bonchev–Trinajstić information content (AvgIpc) is 2.35. The van der Waals surface area contributed by atoms with Crippen LogP contribution in [0.4, 0.5) is 5.69 Å². The maximum absolute atomic E-state index is 12.1. The Morgan fingerprint density at radius 2 is 2.06 bits per heavy atom. The largest absolute Gasteiger partial charge is 0.373 e. The molecule has 0 spiro atoms. The van der Waals surface area contributed by atoms with Crippen molar-refractivity contribution in [3.8, 4) is 0 Å². The van der Waals surface area contributed by atoms with Gasteiger partial charge in [-0.25, -0.2) is 0 Å². The first-order valence-corrected chi connectivity index (χ1v) is 7.17. The molecule has 0 aromatic heterocycles. The number of rotatable bonds is 5. The van der Waals surface area contributed by atoms with Crippen LogP contribution >= 0.6 is 27.5 Å². The molecule has 1 atom stereocenters. The average molecular weight is 334 g/mol. The van der Waals surface area contributed by atoms with Gasteiger partial charge in [-0.15, -0.1) is 0 Å². The van der Waals surface area contributed by atoms with Crippen molar-refractivity contribution >= 4 is 39.1 Å². The Hall–Kier alpha value is -0.740. The van der Waals surface area contributed by atoms with E-state index in [1.807, 2.05) is 26.8 Å². The summed E-state index contributed by atoms with van der Waals surface area (Å²) < 4.78 is 0.895. The molecule has 1 unspecified atom stereocenters. The molecule has 0 aliphatic heterocycles. The molecule has 0 aliphatic rings. The summed E-state index contributed by atoms with van der Waals surface area (Å²) in [7, 11) is 0. The second kappa shape index (κ2) is 7.00. The fourth-order valence-electron chi connectivity index (χ4n) is 1.71. The van der Waals surface area contributed by atoms with Gasteiger partial charge in [0.2, 0.25) is 5.91 Å². The van der Waals surface area contributed by atoms with Gasteiger partial charge in [-0.1, -0.05) is 11.6 Å². The first kappa shape index (κ1) is 15.3. The van der Waals surface area contributed by atoms with E-state index >= 15 is 0 Å². The van der Waals surface area contributed by atoms with Gasteiger partial charge in [0.25, 0.3) is 0 Å². The highest BCUT2D eigenvalue weighted by Gasteiger charge is 2.18. The van der Waals surface area contributed by atoms with Crippen molar-refractivity contribution in [2.24, 2.45) is 0 Å². The van der Waals surface area contributed by atoms with Gasteiger partial charge in [0, 0.05) is 22.6 Å². The molecule has 1 aromatic carbocycles. The van der Waals surface area contributed by atoms with Crippen molar-refractivity contribution in [3.05, 3.63) is 27.7 Å². The second-order valence-electron chi connectivity index (χ2n) is 4.00.